The van der Waals surface area contributed by atoms with E-state index in [-0.39, 0.29) is 24.2 Å². The number of rotatable bonds is 13. The van der Waals surface area contributed by atoms with Crippen molar-refractivity contribution in [3.05, 3.63) is 82.4 Å². The highest BCUT2D eigenvalue weighted by Crippen LogP contribution is 2.42. The Hall–Kier alpha value is -3.93. The molecule has 0 spiro atoms. The van der Waals surface area contributed by atoms with E-state index >= 15 is 0 Å². The number of ether oxygens (including phenoxy) is 2. The van der Waals surface area contributed by atoms with E-state index in [0.29, 0.717) is 46.0 Å². The molecule has 2 unspecified atom stereocenters. The summed E-state index contributed by atoms with van der Waals surface area (Å²) in [6, 6.07) is 10.9. The minimum atomic E-state index is -2.01. The van der Waals surface area contributed by atoms with Gasteiger partial charge in [-0.15, -0.1) is 0 Å². The lowest BCUT2D eigenvalue weighted by Gasteiger charge is -2.42. The average molecular weight is 867 g/mol. The number of carbonyl (C=O) groups is 4. The number of halogens is 1. The molecule has 3 rings (SSSR count). The van der Waals surface area contributed by atoms with Crippen LogP contribution in [-0.2, 0) is 41.4 Å². The first-order valence-corrected chi connectivity index (χ1v) is 23.9. The first-order chi connectivity index (χ1) is 27.9. The molecule has 332 valence electrons. The van der Waals surface area contributed by atoms with Crippen LogP contribution in [0.25, 0.3) is 6.08 Å². The molecule has 0 bridgehead atoms. The predicted molar refractivity (Wildman–Crippen MR) is 245 cm³/mol. The Morgan fingerprint density at radius 2 is 1.48 bits per heavy atom. The predicted octanol–water partition coefficient (Wildman–Crippen LogP) is 9.74. The molecule has 0 radical (unpaired) electrons. The molecule has 5 atom stereocenters. The van der Waals surface area contributed by atoms with Gasteiger partial charge in [0.05, 0.1) is 24.2 Å². The third kappa shape index (κ3) is 13.8. The Morgan fingerprint density at radius 3 is 2.03 bits per heavy atom. The second-order valence-corrected chi connectivity index (χ2v) is 25.0. The van der Waals surface area contributed by atoms with E-state index in [2.05, 4.69) is 81.8 Å². The van der Waals surface area contributed by atoms with Crippen LogP contribution in [0.2, 0.25) is 21.6 Å². The van der Waals surface area contributed by atoms with Crippen molar-refractivity contribution in [3.8, 4) is 5.75 Å². The van der Waals surface area contributed by atoms with Crippen molar-refractivity contribution < 1.29 is 33.1 Å². The van der Waals surface area contributed by atoms with Crippen molar-refractivity contribution in [2.75, 3.05) is 7.11 Å². The summed E-state index contributed by atoms with van der Waals surface area (Å²) in [5.74, 6) is -1.74. The molecule has 60 heavy (non-hydrogen) atoms. The largest absolute Gasteiger partial charge is 0.495 e. The van der Waals surface area contributed by atoms with Crippen molar-refractivity contribution in [1.29, 1.82) is 0 Å². The monoisotopic (exact) mass is 865 g/mol. The first kappa shape index (κ1) is 50.4. The Labute approximate surface area is 366 Å². The van der Waals surface area contributed by atoms with E-state index in [1.807, 2.05) is 39.8 Å². The van der Waals surface area contributed by atoms with Gasteiger partial charge in [-0.25, -0.2) is 4.79 Å². The van der Waals surface area contributed by atoms with Gasteiger partial charge in [-0.05, 0) is 84.1 Å². The van der Waals surface area contributed by atoms with Crippen LogP contribution in [0.4, 0.5) is 0 Å². The fraction of sp³-hybridized carbons (Fsp3) is 0.583. The molecule has 2 aromatic rings. The number of hydrogen-bond acceptors (Lipinski definition) is 7. The molecule has 1 aliphatic rings. The minimum absolute atomic E-state index is 0.133. The number of hydrogen-bond donors (Lipinski definition) is 3. The zero-order valence-corrected chi connectivity index (χ0v) is 40.3. The number of nitrogens with one attached hydrogen (secondary N) is 3. The molecule has 0 aromatic heterocycles. The molecular formula is C48H72ClN3O7Si. The smallest absolute Gasteiger partial charge is 0.328 e. The standard InChI is InChI=1S/C48H72ClN3O7Si/c1-30(2)60(31(3)4,32(5)6)58-29-36-22-20-35(21-23-36)19-18-33(7)41-16-15-17-43(53)51-39(27-37-24-25-42(57-14)38(49)26-37)44(54)50-34(8)48(12,13)46(56)52-40(45(55)59-41)28-47(9,10)11/h15,17-26,30-34,39-41H,16,27-29H2,1-14H3,(H,50,54)(H,51,53)(H,52,56)/b17-15+,19-18+/t33?,34?,39-,40+,41+/m1/s1. The normalized spacial score (nSPS) is 22.4. The van der Waals surface area contributed by atoms with Crippen molar-refractivity contribution in [1.82, 2.24) is 16.0 Å². The third-order valence-electron chi connectivity index (χ3n) is 12.0. The summed E-state index contributed by atoms with van der Waals surface area (Å²) in [6.45, 7) is 27.4. The SMILES string of the molecule is COc1ccc(C[C@H]2NC(=O)/C=C/C[C@@H](C(C)/C=C/c3ccc(CO[Si](C(C)C)(C(C)C)C(C)C)cc3)OC(=O)[C@H](CC(C)(C)C)NC(=O)C(C)(C)C(C)NC2=O)cc1Cl. The Kier molecular flexibility index (Phi) is 18.3. The van der Waals surface area contributed by atoms with Crippen LogP contribution in [0.5, 0.6) is 5.75 Å². The summed E-state index contributed by atoms with van der Waals surface area (Å²) in [5, 5.41) is 9.12. The molecule has 0 saturated heterocycles. The zero-order chi connectivity index (χ0) is 45.2. The summed E-state index contributed by atoms with van der Waals surface area (Å²) in [4.78, 5) is 55.3. The van der Waals surface area contributed by atoms with E-state index < -0.39 is 61.7 Å². The second kappa shape index (κ2) is 21.7. The van der Waals surface area contributed by atoms with Gasteiger partial charge in [0.2, 0.25) is 26.0 Å². The van der Waals surface area contributed by atoms with Gasteiger partial charge >= 0.3 is 5.97 Å². The van der Waals surface area contributed by atoms with Crippen molar-refractivity contribution in [3.63, 3.8) is 0 Å². The fourth-order valence-electron chi connectivity index (χ4n) is 8.07. The van der Waals surface area contributed by atoms with Crippen molar-refractivity contribution >= 4 is 49.7 Å². The van der Waals surface area contributed by atoms with Gasteiger partial charge < -0.3 is 29.9 Å². The maximum atomic E-state index is 14.0. The summed E-state index contributed by atoms with van der Waals surface area (Å²) >= 11 is 6.40. The summed E-state index contributed by atoms with van der Waals surface area (Å²) in [6.07, 6.45) is 6.99. The summed E-state index contributed by atoms with van der Waals surface area (Å²) in [5.41, 5.74) is 2.81. The number of methoxy groups -OCH3 is 1. The molecule has 0 saturated carbocycles. The third-order valence-corrected chi connectivity index (χ3v) is 18.3. The quantitative estimate of drug-likeness (QED) is 0.135. The maximum Gasteiger partial charge on any atom is 0.328 e. The van der Waals surface area contributed by atoms with Crippen LogP contribution in [0, 0.1) is 16.7 Å². The minimum Gasteiger partial charge on any atom is -0.495 e. The van der Waals surface area contributed by atoms with E-state index in [1.165, 1.54) is 13.2 Å². The molecule has 0 aliphatic carbocycles. The van der Waals surface area contributed by atoms with E-state index in [1.54, 1.807) is 45.0 Å². The Morgan fingerprint density at radius 1 is 0.883 bits per heavy atom. The van der Waals surface area contributed by atoms with Gasteiger partial charge in [-0.1, -0.05) is 129 Å². The lowest BCUT2D eigenvalue weighted by atomic mass is 9.82. The van der Waals surface area contributed by atoms with Crippen LogP contribution in [0.1, 0.15) is 120 Å². The second-order valence-electron chi connectivity index (χ2n) is 19.2. The molecule has 12 heteroatoms. The number of carbonyl (C=O) groups excluding carboxylic acids is 4. The van der Waals surface area contributed by atoms with Crippen LogP contribution in [0.3, 0.4) is 0 Å². The fourth-order valence-corrected chi connectivity index (χ4v) is 13.8. The van der Waals surface area contributed by atoms with Crippen LogP contribution >= 0.6 is 11.6 Å². The molecule has 10 nitrogen and oxygen atoms in total. The van der Waals surface area contributed by atoms with Crippen molar-refractivity contribution in [2.45, 2.75) is 157 Å². The molecule has 3 N–H and O–H groups in total. The van der Waals surface area contributed by atoms with Gasteiger partial charge in [0, 0.05) is 24.8 Å². The molecule has 1 aliphatic heterocycles. The van der Waals surface area contributed by atoms with Gasteiger partial charge in [0.25, 0.3) is 0 Å². The van der Waals surface area contributed by atoms with E-state index in [4.69, 9.17) is 25.5 Å². The first-order valence-electron chi connectivity index (χ1n) is 21.4. The van der Waals surface area contributed by atoms with Gasteiger partial charge in [-0.2, -0.15) is 0 Å². The Bertz CT molecular complexity index is 1810. The van der Waals surface area contributed by atoms with E-state index in [9.17, 15) is 19.2 Å². The van der Waals surface area contributed by atoms with E-state index in [0.717, 1.165) is 11.1 Å². The maximum absolute atomic E-state index is 14.0. The van der Waals surface area contributed by atoms with Crippen molar-refractivity contribution in [2.24, 2.45) is 16.7 Å². The highest BCUT2D eigenvalue weighted by Gasteiger charge is 2.45. The highest BCUT2D eigenvalue weighted by atomic mass is 35.5. The van der Waals surface area contributed by atoms with Gasteiger partial charge in [0.1, 0.15) is 23.9 Å². The van der Waals surface area contributed by atoms with Crippen LogP contribution < -0.4 is 20.7 Å². The highest BCUT2D eigenvalue weighted by molar-refractivity contribution is 6.77. The average Bonchev–Trinajstić information content (AvgIpc) is 3.15. The number of cyclic esters (lactones) is 1. The molecule has 1 heterocycles. The van der Waals surface area contributed by atoms with Crippen LogP contribution in [0.15, 0.2) is 60.7 Å². The lowest BCUT2D eigenvalue weighted by Crippen LogP contribution is -2.58. The zero-order valence-electron chi connectivity index (χ0n) is 38.5. The topological polar surface area (TPSA) is 132 Å². The molecule has 2 aromatic carbocycles. The van der Waals surface area contributed by atoms with Gasteiger partial charge in [0.15, 0.2) is 0 Å². The van der Waals surface area contributed by atoms with Gasteiger partial charge in [-0.3, -0.25) is 14.4 Å². The summed E-state index contributed by atoms with van der Waals surface area (Å²) in [7, 11) is -0.491. The number of esters is 1. The van der Waals surface area contributed by atoms with Crippen LogP contribution in [-0.4, -0.2) is 63.3 Å². The molecule has 3 amide bonds. The summed E-state index contributed by atoms with van der Waals surface area (Å²) < 4.78 is 18.3. The molecule has 0 fully saturated rings. The number of benzene rings is 2. The Balaban J connectivity index is 1.94. The lowest BCUT2D eigenvalue weighted by molar-refractivity contribution is -0.156. The number of amides is 3. The molecular weight excluding hydrogens is 794 g/mol.